The molecule has 2 N–H and O–H groups in total. The third-order valence-corrected chi connectivity index (χ3v) is 3.44. The van der Waals surface area contributed by atoms with Gasteiger partial charge in [0.2, 0.25) is 0 Å². The van der Waals surface area contributed by atoms with Crippen LogP contribution in [0.4, 0.5) is 4.39 Å². The van der Waals surface area contributed by atoms with Gasteiger partial charge in [-0.2, -0.15) is 5.10 Å². The van der Waals surface area contributed by atoms with Crippen LogP contribution in [-0.4, -0.2) is 22.6 Å². The van der Waals surface area contributed by atoms with Crippen LogP contribution in [0.2, 0.25) is 0 Å². The van der Waals surface area contributed by atoms with Crippen LogP contribution in [0.3, 0.4) is 0 Å². The number of hydrogen-bond donors (Lipinski definition) is 2. The van der Waals surface area contributed by atoms with Crippen LogP contribution in [0.1, 0.15) is 40.5 Å². The largest absolute Gasteiger partial charge is 0.350 e. The molecule has 4 nitrogen and oxygen atoms in total. The Balaban J connectivity index is 1.51. The zero-order valence-corrected chi connectivity index (χ0v) is 11.0. The fraction of sp³-hybridized carbons (Fsp3) is 0.333. The van der Waals surface area contributed by atoms with E-state index < -0.39 is 0 Å². The molecule has 1 aliphatic rings. The zero-order valence-electron chi connectivity index (χ0n) is 11.0. The van der Waals surface area contributed by atoms with Crippen molar-refractivity contribution >= 4 is 5.91 Å². The van der Waals surface area contributed by atoms with Crippen molar-refractivity contribution in [2.24, 2.45) is 0 Å². The number of nitrogens with zero attached hydrogens (tertiary/aromatic N) is 1. The predicted octanol–water partition coefficient (Wildman–Crippen LogP) is 2.40. The van der Waals surface area contributed by atoms with E-state index in [0.29, 0.717) is 24.6 Å². The molecular formula is C15H16FN3O. The van der Waals surface area contributed by atoms with Gasteiger partial charge in [0, 0.05) is 18.2 Å². The second kappa shape index (κ2) is 5.45. The Labute approximate surface area is 116 Å². The van der Waals surface area contributed by atoms with Crippen molar-refractivity contribution in [3.05, 3.63) is 53.1 Å². The van der Waals surface area contributed by atoms with Gasteiger partial charge in [0.15, 0.2) is 0 Å². The normalized spacial score (nSPS) is 14.2. The second-order valence-corrected chi connectivity index (χ2v) is 5.12. The molecule has 1 saturated carbocycles. The lowest BCUT2D eigenvalue weighted by Gasteiger charge is -2.03. The van der Waals surface area contributed by atoms with E-state index in [1.165, 1.54) is 25.0 Å². The first-order valence-corrected chi connectivity index (χ1v) is 6.80. The summed E-state index contributed by atoms with van der Waals surface area (Å²) in [4.78, 5) is 11.9. The summed E-state index contributed by atoms with van der Waals surface area (Å²) in [5.74, 6) is 0.108. The minimum absolute atomic E-state index is 0.190. The number of benzene rings is 1. The minimum atomic E-state index is -0.254. The van der Waals surface area contributed by atoms with Gasteiger partial charge < -0.3 is 5.32 Å². The number of H-pyrrole nitrogens is 1. The highest BCUT2D eigenvalue weighted by Crippen LogP contribution is 2.38. The van der Waals surface area contributed by atoms with E-state index in [1.807, 2.05) is 12.1 Å². The molecule has 5 heteroatoms. The molecule has 1 aliphatic carbocycles. The highest BCUT2D eigenvalue weighted by molar-refractivity contribution is 5.92. The van der Waals surface area contributed by atoms with Crippen LogP contribution in [-0.2, 0) is 6.42 Å². The molecule has 1 heterocycles. The molecule has 2 aromatic rings. The summed E-state index contributed by atoms with van der Waals surface area (Å²) in [5.41, 5.74) is 2.33. The summed E-state index contributed by atoms with van der Waals surface area (Å²) in [6.07, 6.45) is 2.94. The molecule has 0 saturated heterocycles. The lowest BCUT2D eigenvalue weighted by atomic mass is 10.1. The number of aromatic nitrogens is 2. The van der Waals surface area contributed by atoms with Gasteiger partial charge in [-0.1, -0.05) is 12.1 Å². The molecule has 20 heavy (non-hydrogen) atoms. The van der Waals surface area contributed by atoms with Crippen molar-refractivity contribution in [1.29, 1.82) is 0 Å². The first-order chi connectivity index (χ1) is 9.72. The van der Waals surface area contributed by atoms with Crippen LogP contribution in [0, 0.1) is 5.82 Å². The molecule has 0 atom stereocenters. The molecule has 1 fully saturated rings. The maximum absolute atomic E-state index is 13.0. The fourth-order valence-corrected chi connectivity index (χ4v) is 2.16. The Morgan fingerprint density at radius 2 is 2.25 bits per heavy atom. The molecule has 104 valence electrons. The zero-order chi connectivity index (χ0) is 13.9. The van der Waals surface area contributed by atoms with Crippen molar-refractivity contribution in [3.63, 3.8) is 0 Å². The molecule has 0 spiro atoms. The van der Waals surface area contributed by atoms with Gasteiger partial charge in [0.25, 0.3) is 5.91 Å². The van der Waals surface area contributed by atoms with E-state index in [2.05, 4.69) is 15.5 Å². The van der Waals surface area contributed by atoms with Crippen LogP contribution >= 0.6 is 0 Å². The third kappa shape index (κ3) is 3.04. The van der Waals surface area contributed by atoms with Gasteiger partial charge in [-0.15, -0.1) is 0 Å². The summed E-state index contributed by atoms with van der Waals surface area (Å²) in [6.45, 7) is 0.466. The number of rotatable bonds is 5. The van der Waals surface area contributed by atoms with Gasteiger partial charge >= 0.3 is 0 Å². The smallest absolute Gasteiger partial charge is 0.271 e. The summed E-state index contributed by atoms with van der Waals surface area (Å²) in [6, 6.07) is 8.21. The highest BCUT2D eigenvalue weighted by Gasteiger charge is 2.26. The van der Waals surface area contributed by atoms with Crippen molar-refractivity contribution in [3.8, 4) is 0 Å². The predicted molar refractivity (Wildman–Crippen MR) is 73.0 cm³/mol. The lowest BCUT2D eigenvalue weighted by Crippen LogP contribution is -2.26. The molecule has 0 aliphatic heterocycles. The monoisotopic (exact) mass is 273 g/mol. The Bertz CT molecular complexity index is 619. The molecule has 0 unspecified atom stereocenters. The molecule has 0 bridgehead atoms. The molecule has 1 aromatic heterocycles. The maximum Gasteiger partial charge on any atom is 0.271 e. The van der Waals surface area contributed by atoms with E-state index in [0.717, 1.165) is 11.3 Å². The number of hydrogen-bond acceptors (Lipinski definition) is 2. The number of carbonyl (C=O) groups is 1. The maximum atomic E-state index is 13.0. The molecule has 3 rings (SSSR count). The number of aromatic amines is 1. The first kappa shape index (κ1) is 12.8. The van der Waals surface area contributed by atoms with Gasteiger partial charge in [0.1, 0.15) is 11.5 Å². The number of amides is 1. The Morgan fingerprint density at radius 1 is 1.40 bits per heavy atom. The molecular weight excluding hydrogens is 257 g/mol. The SMILES string of the molecule is O=C(NCCc1cccc(F)c1)c1cc(C2CC2)[nH]n1. The van der Waals surface area contributed by atoms with Crippen molar-refractivity contribution in [1.82, 2.24) is 15.5 Å². The molecule has 1 aromatic carbocycles. The molecule has 0 radical (unpaired) electrons. The van der Waals surface area contributed by atoms with E-state index >= 15 is 0 Å². The average Bonchev–Trinajstić information content (AvgIpc) is 3.16. The highest BCUT2D eigenvalue weighted by atomic mass is 19.1. The van der Waals surface area contributed by atoms with Crippen LogP contribution in [0.15, 0.2) is 30.3 Å². The van der Waals surface area contributed by atoms with Gasteiger partial charge in [-0.3, -0.25) is 9.89 Å². The fourth-order valence-electron chi connectivity index (χ4n) is 2.16. The standard InChI is InChI=1S/C15H16FN3O/c16-12-3-1-2-10(8-12)6-7-17-15(20)14-9-13(18-19-14)11-4-5-11/h1-3,8-9,11H,4-7H2,(H,17,20)(H,18,19). The van der Waals surface area contributed by atoms with E-state index in [-0.39, 0.29) is 11.7 Å². The Kier molecular flexibility index (Phi) is 3.50. The first-order valence-electron chi connectivity index (χ1n) is 6.80. The quantitative estimate of drug-likeness (QED) is 0.879. The van der Waals surface area contributed by atoms with Gasteiger partial charge in [-0.25, -0.2) is 4.39 Å². The Hall–Kier alpha value is -2.17. The van der Waals surface area contributed by atoms with E-state index in [1.54, 1.807) is 6.07 Å². The summed E-state index contributed by atoms with van der Waals surface area (Å²) >= 11 is 0. The number of halogens is 1. The van der Waals surface area contributed by atoms with Crippen LogP contribution in [0.5, 0.6) is 0 Å². The molecule has 1 amide bonds. The Morgan fingerprint density at radius 3 is 3.00 bits per heavy atom. The minimum Gasteiger partial charge on any atom is -0.350 e. The van der Waals surface area contributed by atoms with Crippen LogP contribution in [0.25, 0.3) is 0 Å². The summed E-state index contributed by atoms with van der Waals surface area (Å²) < 4.78 is 13.0. The topological polar surface area (TPSA) is 57.8 Å². The van der Waals surface area contributed by atoms with Crippen molar-refractivity contribution in [2.45, 2.75) is 25.2 Å². The summed E-state index contributed by atoms with van der Waals surface area (Å²) in [7, 11) is 0. The van der Waals surface area contributed by atoms with Gasteiger partial charge in [-0.05, 0) is 43.0 Å². The third-order valence-electron chi connectivity index (χ3n) is 3.44. The summed E-state index contributed by atoms with van der Waals surface area (Å²) in [5, 5.41) is 9.72. The van der Waals surface area contributed by atoms with Crippen molar-refractivity contribution in [2.75, 3.05) is 6.54 Å². The number of nitrogens with one attached hydrogen (secondary N) is 2. The second-order valence-electron chi connectivity index (χ2n) is 5.12. The average molecular weight is 273 g/mol. The van der Waals surface area contributed by atoms with Crippen molar-refractivity contribution < 1.29 is 9.18 Å². The van der Waals surface area contributed by atoms with E-state index in [4.69, 9.17) is 0 Å². The van der Waals surface area contributed by atoms with Gasteiger partial charge in [0.05, 0.1) is 0 Å². The van der Waals surface area contributed by atoms with E-state index in [9.17, 15) is 9.18 Å². The lowest BCUT2D eigenvalue weighted by molar-refractivity contribution is 0.0949. The number of carbonyl (C=O) groups excluding carboxylic acids is 1. The van der Waals surface area contributed by atoms with Crippen LogP contribution < -0.4 is 5.32 Å².